The number of hydrogen-bond donors (Lipinski definition) is 1. The molecule has 0 radical (unpaired) electrons. The highest BCUT2D eigenvalue weighted by Crippen LogP contribution is 2.31. The Bertz CT molecular complexity index is 657. The summed E-state index contributed by atoms with van der Waals surface area (Å²) >= 11 is 0. The van der Waals surface area contributed by atoms with Crippen molar-refractivity contribution < 1.29 is 4.79 Å². The molecule has 0 saturated carbocycles. The summed E-state index contributed by atoms with van der Waals surface area (Å²) in [6.07, 6.45) is 4.14. The second kappa shape index (κ2) is 5.44. The first kappa shape index (κ1) is 14.0. The average molecular weight is 287 g/mol. The summed E-state index contributed by atoms with van der Waals surface area (Å²) in [5, 5.41) is 7.23. The van der Waals surface area contributed by atoms with Crippen molar-refractivity contribution in [2.24, 2.45) is 7.05 Å². The number of ketones is 1. The number of carbonyl (C=O) groups is 1. The average Bonchev–Trinajstić information content (AvgIpc) is 3.11. The Balaban J connectivity index is 1.79. The normalized spacial score (nSPS) is 19.3. The topological polar surface area (TPSA) is 66.8 Å². The highest BCUT2D eigenvalue weighted by molar-refractivity contribution is 5.94. The largest absolute Gasteiger partial charge is 0.353 e. The molecule has 2 aromatic heterocycles. The zero-order chi connectivity index (χ0) is 15.0. The maximum atomic E-state index is 11.5. The van der Waals surface area contributed by atoms with E-state index in [1.807, 2.05) is 30.8 Å². The molecule has 1 fully saturated rings. The predicted molar refractivity (Wildman–Crippen MR) is 78.9 cm³/mol. The number of nitrogens with zero attached hydrogens (tertiary/aromatic N) is 4. The van der Waals surface area contributed by atoms with Crippen molar-refractivity contribution in [2.45, 2.75) is 39.3 Å². The second-order valence-electron chi connectivity index (χ2n) is 5.79. The molecule has 3 rings (SSSR count). The number of aromatic amines is 1. The Morgan fingerprint density at radius 2 is 2.33 bits per heavy atom. The number of rotatable bonds is 4. The molecule has 1 atom stereocenters. The lowest BCUT2D eigenvalue weighted by atomic mass is 10.2. The summed E-state index contributed by atoms with van der Waals surface area (Å²) in [4.78, 5) is 18.3. The molecule has 6 heteroatoms. The van der Waals surface area contributed by atoms with Crippen molar-refractivity contribution in [2.75, 3.05) is 6.54 Å². The monoisotopic (exact) mass is 287 g/mol. The van der Waals surface area contributed by atoms with Crippen LogP contribution in [0.2, 0.25) is 0 Å². The molecule has 0 unspecified atom stereocenters. The molecular formula is C15H21N5O. The standard InChI is InChI=1S/C15H21N5O/c1-10(21)12-7-13(19(3)8-12)9-20-6-4-5-14(20)15-16-11(2)17-18-15/h7-8,14H,4-6,9H2,1-3H3,(H,16,17,18)/t14-/m0/s1. The molecule has 21 heavy (non-hydrogen) atoms. The van der Waals surface area contributed by atoms with E-state index in [4.69, 9.17) is 0 Å². The number of aromatic nitrogens is 4. The second-order valence-corrected chi connectivity index (χ2v) is 5.79. The minimum absolute atomic E-state index is 0.111. The number of H-pyrrole nitrogens is 1. The molecule has 6 nitrogen and oxygen atoms in total. The first-order valence-corrected chi connectivity index (χ1v) is 7.33. The third-order valence-electron chi connectivity index (χ3n) is 4.16. The molecule has 112 valence electrons. The van der Waals surface area contributed by atoms with E-state index in [2.05, 4.69) is 20.1 Å². The lowest BCUT2D eigenvalue weighted by Gasteiger charge is -2.22. The van der Waals surface area contributed by atoms with Gasteiger partial charge in [-0.25, -0.2) is 4.98 Å². The van der Waals surface area contributed by atoms with E-state index in [0.717, 1.165) is 48.8 Å². The van der Waals surface area contributed by atoms with Gasteiger partial charge in [0.05, 0.1) is 6.04 Å². The summed E-state index contributed by atoms with van der Waals surface area (Å²) in [6.45, 7) is 5.39. The van der Waals surface area contributed by atoms with E-state index in [1.165, 1.54) is 0 Å². The zero-order valence-corrected chi connectivity index (χ0v) is 12.8. The minimum Gasteiger partial charge on any atom is -0.353 e. The maximum Gasteiger partial charge on any atom is 0.167 e. The molecule has 2 aromatic rings. The van der Waals surface area contributed by atoms with E-state index in [-0.39, 0.29) is 11.8 Å². The molecule has 0 amide bonds. The van der Waals surface area contributed by atoms with Crippen molar-refractivity contribution in [3.63, 3.8) is 0 Å². The third kappa shape index (κ3) is 2.76. The maximum absolute atomic E-state index is 11.5. The fourth-order valence-corrected chi connectivity index (χ4v) is 2.98. The van der Waals surface area contributed by atoms with Gasteiger partial charge in [0.15, 0.2) is 11.6 Å². The zero-order valence-electron chi connectivity index (χ0n) is 12.8. The van der Waals surface area contributed by atoms with Gasteiger partial charge in [-0.2, -0.15) is 5.10 Å². The number of Topliss-reactive ketones (excluding diaryl/α,β-unsaturated/α-hetero) is 1. The summed E-state index contributed by atoms with van der Waals surface area (Å²) in [5.74, 6) is 1.85. The molecule has 1 saturated heterocycles. The van der Waals surface area contributed by atoms with Crippen molar-refractivity contribution in [3.8, 4) is 0 Å². The van der Waals surface area contributed by atoms with Crippen LogP contribution in [0.15, 0.2) is 12.3 Å². The number of likely N-dealkylation sites (tertiary alicyclic amines) is 1. The van der Waals surface area contributed by atoms with E-state index in [1.54, 1.807) is 6.92 Å². The lowest BCUT2D eigenvalue weighted by molar-refractivity contribution is 0.101. The highest BCUT2D eigenvalue weighted by Gasteiger charge is 2.29. The molecule has 1 N–H and O–H groups in total. The van der Waals surface area contributed by atoms with E-state index < -0.39 is 0 Å². The van der Waals surface area contributed by atoms with Gasteiger partial charge in [-0.15, -0.1) is 0 Å². The van der Waals surface area contributed by atoms with Gasteiger partial charge in [-0.05, 0) is 39.3 Å². The summed E-state index contributed by atoms with van der Waals surface area (Å²) in [7, 11) is 1.99. The quantitative estimate of drug-likeness (QED) is 0.873. The van der Waals surface area contributed by atoms with Crippen LogP contribution in [-0.4, -0.2) is 37.0 Å². The van der Waals surface area contributed by atoms with E-state index in [0.29, 0.717) is 0 Å². The van der Waals surface area contributed by atoms with Gasteiger partial charge in [0.2, 0.25) is 0 Å². The third-order valence-corrected chi connectivity index (χ3v) is 4.16. The molecular weight excluding hydrogens is 266 g/mol. The molecule has 1 aliphatic rings. The highest BCUT2D eigenvalue weighted by atomic mass is 16.1. The van der Waals surface area contributed by atoms with Crippen LogP contribution >= 0.6 is 0 Å². The number of carbonyl (C=O) groups excluding carboxylic acids is 1. The molecule has 0 bridgehead atoms. The fraction of sp³-hybridized carbons (Fsp3) is 0.533. The van der Waals surface area contributed by atoms with Gasteiger partial charge in [0.1, 0.15) is 5.82 Å². The smallest absolute Gasteiger partial charge is 0.167 e. The van der Waals surface area contributed by atoms with Crippen LogP contribution in [0.1, 0.15) is 53.5 Å². The molecule has 0 aliphatic carbocycles. The molecule has 3 heterocycles. The van der Waals surface area contributed by atoms with Crippen LogP contribution < -0.4 is 0 Å². The van der Waals surface area contributed by atoms with Gasteiger partial charge in [-0.1, -0.05) is 0 Å². The van der Waals surface area contributed by atoms with Gasteiger partial charge < -0.3 is 4.57 Å². The van der Waals surface area contributed by atoms with Crippen molar-refractivity contribution >= 4 is 5.78 Å². The Kier molecular flexibility index (Phi) is 3.63. The fourth-order valence-electron chi connectivity index (χ4n) is 2.98. The van der Waals surface area contributed by atoms with Crippen molar-refractivity contribution in [3.05, 3.63) is 35.2 Å². The Labute approximate surface area is 124 Å². The van der Waals surface area contributed by atoms with E-state index in [9.17, 15) is 4.79 Å². The van der Waals surface area contributed by atoms with Gasteiger partial charge in [-0.3, -0.25) is 14.8 Å². The SMILES string of the molecule is CC(=O)c1cc(CN2CCC[C@H]2c2n[nH]c(C)n2)n(C)c1. The van der Waals surface area contributed by atoms with Gasteiger partial charge in [0.25, 0.3) is 0 Å². The van der Waals surface area contributed by atoms with Crippen LogP contribution in [0, 0.1) is 6.92 Å². The van der Waals surface area contributed by atoms with Crippen molar-refractivity contribution in [1.82, 2.24) is 24.6 Å². The minimum atomic E-state index is 0.111. The summed E-state index contributed by atoms with van der Waals surface area (Å²) < 4.78 is 2.04. The first-order chi connectivity index (χ1) is 10.0. The number of hydrogen-bond acceptors (Lipinski definition) is 4. The van der Waals surface area contributed by atoms with Gasteiger partial charge in [0, 0.05) is 31.0 Å². The Morgan fingerprint density at radius 1 is 1.52 bits per heavy atom. The number of nitrogens with one attached hydrogen (secondary N) is 1. The predicted octanol–water partition coefficient (Wildman–Crippen LogP) is 1.99. The molecule has 0 aromatic carbocycles. The van der Waals surface area contributed by atoms with Crippen LogP contribution in [-0.2, 0) is 13.6 Å². The first-order valence-electron chi connectivity index (χ1n) is 7.33. The number of aryl methyl sites for hydroxylation is 2. The van der Waals surface area contributed by atoms with Gasteiger partial charge >= 0.3 is 0 Å². The Hall–Kier alpha value is -1.95. The van der Waals surface area contributed by atoms with Crippen LogP contribution in [0.5, 0.6) is 0 Å². The van der Waals surface area contributed by atoms with E-state index >= 15 is 0 Å². The van der Waals surface area contributed by atoms with Crippen LogP contribution in [0.3, 0.4) is 0 Å². The summed E-state index contributed by atoms with van der Waals surface area (Å²) in [6, 6.07) is 2.26. The lowest BCUT2D eigenvalue weighted by Crippen LogP contribution is -2.24. The molecule has 1 aliphatic heterocycles. The summed E-state index contributed by atoms with van der Waals surface area (Å²) in [5.41, 5.74) is 1.93. The van der Waals surface area contributed by atoms with Crippen LogP contribution in [0.25, 0.3) is 0 Å². The van der Waals surface area contributed by atoms with Crippen molar-refractivity contribution in [1.29, 1.82) is 0 Å². The molecule has 0 spiro atoms. The Morgan fingerprint density at radius 3 is 2.95 bits per heavy atom. The van der Waals surface area contributed by atoms with Crippen LogP contribution in [0.4, 0.5) is 0 Å².